The Kier molecular flexibility index (Phi) is 25.5. The van der Waals surface area contributed by atoms with Crippen LogP contribution in [0.1, 0.15) is 214 Å². The van der Waals surface area contributed by atoms with E-state index in [0.29, 0.717) is 0 Å². The number of nitrogens with two attached hydrogens (primary N) is 1. The number of ether oxygens (including phenoxy) is 2. The molecule has 0 radical (unpaired) electrons. The van der Waals surface area contributed by atoms with Gasteiger partial charge in [0.25, 0.3) is 0 Å². The summed E-state index contributed by atoms with van der Waals surface area (Å²) in [6.45, 7) is 12.9. The summed E-state index contributed by atoms with van der Waals surface area (Å²) < 4.78 is 13.1. The normalized spacial score (nSPS) is 19.2. The number of unbranched alkanes of at least 4 members (excludes halogenated alkanes) is 16. The summed E-state index contributed by atoms with van der Waals surface area (Å²) in [7, 11) is 0. The second-order valence-electron chi connectivity index (χ2n) is 16.5. The molecule has 1 aliphatic heterocycles. The Morgan fingerprint density at radius 3 is 1.22 bits per heavy atom. The van der Waals surface area contributed by atoms with Crippen molar-refractivity contribution in [1.82, 2.24) is 4.90 Å². The zero-order valence-electron chi connectivity index (χ0n) is 33.8. The summed E-state index contributed by atoms with van der Waals surface area (Å²) in [6.07, 6.45) is 32.1. The van der Waals surface area contributed by atoms with Crippen molar-refractivity contribution in [2.24, 2.45) is 23.0 Å². The third kappa shape index (κ3) is 18.6. The van der Waals surface area contributed by atoms with E-state index in [1.165, 1.54) is 103 Å². The lowest BCUT2D eigenvalue weighted by Gasteiger charge is -2.39. The Hall–Kier alpha value is -1.14. The third-order valence-corrected chi connectivity index (χ3v) is 12.1. The molecule has 0 amide bonds. The van der Waals surface area contributed by atoms with Crippen molar-refractivity contribution in [3.8, 4) is 0 Å². The van der Waals surface area contributed by atoms with E-state index in [-0.39, 0.29) is 41.4 Å². The maximum absolute atomic E-state index is 14.0. The predicted octanol–water partition coefficient (Wildman–Crippen LogP) is 11.7. The topological polar surface area (TPSA) is 81.9 Å². The largest absolute Gasteiger partial charge is 0.458 e. The molecule has 6 heteroatoms. The van der Waals surface area contributed by atoms with Crippen molar-refractivity contribution in [2.75, 3.05) is 26.2 Å². The standard InChI is InChI=1S/C44H84N2O4/c1-5-9-13-17-21-26-38(27-22-18-14-10-6-2)42(47)49-40-36-44(30-34-46(35-31-44)33-25-32-45)37-41(40)50-43(48)39(28-23-19-15-11-7-3)29-24-20-16-12-8-4/h38-41H,5-37,45H2,1-4H3/t40-,41-/m1/s1. The van der Waals surface area contributed by atoms with Gasteiger partial charge in [-0.05, 0) is 89.4 Å². The minimum absolute atomic E-state index is 0.0251. The average molecular weight is 705 g/mol. The lowest BCUT2D eigenvalue weighted by atomic mass is 9.77. The summed E-state index contributed by atoms with van der Waals surface area (Å²) in [5.41, 5.74) is 5.91. The van der Waals surface area contributed by atoms with Crippen LogP contribution < -0.4 is 5.73 Å². The third-order valence-electron chi connectivity index (χ3n) is 12.1. The first-order chi connectivity index (χ1) is 24.4. The Labute approximate surface area is 310 Å². The molecule has 6 nitrogen and oxygen atoms in total. The number of rotatable bonds is 31. The van der Waals surface area contributed by atoms with E-state index in [1.807, 2.05) is 0 Å². The highest BCUT2D eigenvalue weighted by molar-refractivity contribution is 5.74. The molecule has 1 aliphatic carbocycles. The number of esters is 2. The smallest absolute Gasteiger partial charge is 0.309 e. The van der Waals surface area contributed by atoms with E-state index in [2.05, 4.69) is 32.6 Å². The number of hydrogen-bond donors (Lipinski definition) is 1. The average Bonchev–Trinajstić information content (AvgIpc) is 3.44. The molecule has 1 saturated heterocycles. The van der Waals surface area contributed by atoms with Crippen LogP contribution in [-0.2, 0) is 19.1 Å². The van der Waals surface area contributed by atoms with Crippen LogP contribution in [0.5, 0.6) is 0 Å². The van der Waals surface area contributed by atoms with Gasteiger partial charge in [0.2, 0.25) is 0 Å². The number of carbonyl (C=O) groups is 2. The van der Waals surface area contributed by atoms with E-state index >= 15 is 0 Å². The van der Waals surface area contributed by atoms with Gasteiger partial charge in [-0.25, -0.2) is 0 Å². The van der Waals surface area contributed by atoms with E-state index in [4.69, 9.17) is 15.2 Å². The van der Waals surface area contributed by atoms with Crippen molar-refractivity contribution in [3.63, 3.8) is 0 Å². The van der Waals surface area contributed by atoms with Gasteiger partial charge in [-0.1, -0.05) is 156 Å². The molecule has 0 aromatic carbocycles. The first-order valence-corrected chi connectivity index (χ1v) is 22.2. The highest BCUT2D eigenvalue weighted by Gasteiger charge is 2.50. The van der Waals surface area contributed by atoms with Gasteiger partial charge in [0.15, 0.2) is 0 Å². The summed E-state index contributed by atoms with van der Waals surface area (Å²) >= 11 is 0. The Morgan fingerprint density at radius 2 is 0.900 bits per heavy atom. The van der Waals surface area contributed by atoms with Gasteiger partial charge in [0.1, 0.15) is 12.2 Å². The molecule has 1 heterocycles. The minimum Gasteiger partial charge on any atom is -0.458 e. The monoisotopic (exact) mass is 705 g/mol. The molecule has 294 valence electrons. The Balaban J connectivity index is 2.16. The summed E-state index contributed by atoms with van der Waals surface area (Å²) in [4.78, 5) is 30.6. The molecule has 2 atom stereocenters. The quantitative estimate of drug-likeness (QED) is 0.0571. The molecule has 50 heavy (non-hydrogen) atoms. The SMILES string of the molecule is CCCCCCCC(CCCCCCC)C(=O)O[C@@H]1CC2(CCN(CCCN)CC2)C[C@H]1OC(=O)C(CCCCCCC)CCCCCCC. The summed E-state index contributed by atoms with van der Waals surface area (Å²) in [5, 5.41) is 0. The lowest BCUT2D eigenvalue weighted by Crippen LogP contribution is -2.40. The number of hydrogen-bond acceptors (Lipinski definition) is 6. The van der Waals surface area contributed by atoms with Crippen LogP contribution in [-0.4, -0.2) is 55.2 Å². The van der Waals surface area contributed by atoms with Gasteiger partial charge in [0, 0.05) is 0 Å². The van der Waals surface area contributed by atoms with Crippen LogP contribution in [0.2, 0.25) is 0 Å². The van der Waals surface area contributed by atoms with Crippen molar-refractivity contribution < 1.29 is 19.1 Å². The summed E-state index contributed by atoms with van der Waals surface area (Å²) in [5.74, 6) is -0.128. The van der Waals surface area contributed by atoms with Gasteiger partial charge in [0.05, 0.1) is 11.8 Å². The van der Waals surface area contributed by atoms with Crippen LogP contribution in [0, 0.1) is 17.3 Å². The predicted molar refractivity (Wildman–Crippen MR) is 211 cm³/mol. The molecular weight excluding hydrogens is 620 g/mol. The minimum atomic E-state index is -0.320. The first kappa shape index (κ1) is 45.0. The van der Waals surface area contributed by atoms with Gasteiger partial charge in [-0.3, -0.25) is 9.59 Å². The first-order valence-electron chi connectivity index (χ1n) is 22.2. The molecule has 2 aliphatic rings. The van der Waals surface area contributed by atoms with Crippen molar-refractivity contribution in [2.45, 2.75) is 226 Å². The van der Waals surface area contributed by atoms with Crippen LogP contribution in [0.25, 0.3) is 0 Å². The van der Waals surface area contributed by atoms with E-state index in [9.17, 15) is 9.59 Å². The number of carbonyl (C=O) groups excluding carboxylic acids is 2. The molecule has 2 N–H and O–H groups in total. The molecule has 2 rings (SSSR count). The Morgan fingerprint density at radius 1 is 0.560 bits per heavy atom. The van der Waals surface area contributed by atoms with E-state index in [0.717, 1.165) is 110 Å². The molecule has 2 fully saturated rings. The maximum Gasteiger partial charge on any atom is 0.309 e. The molecule has 0 bridgehead atoms. The Bertz CT molecular complexity index is 758. The van der Waals surface area contributed by atoms with Crippen LogP contribution in [0.3, 0.4) is 0 Å². The number of likely N-dealkylation sites (tertiary alicyclic amines) is 1. The fourth-order valence-corrected chi connectivity index (χ4v) is 8.64. The van der Waals surface area contributed by atoms with Crippen molar-refractivity contribution in [1.29, 1.82) is 0 Å². The highest BCUT2D eigenvalue weighted by atomic mass is 16.6. The van der Waals surface area contributed by atoms with Crippen molar-refractivity contribution >= 4 is 11.9 Å². The number of nitrogens with zero attached hydrogens (tertiary/aromatic N) is 1. The van der Waals surface area contributed by atoms with Crippen LogP contribution in [0.15, 0.2) is 0 Å². The molecular formula is C44H84N2O4. The second kappa shape index (κ2) is 28.4. The molecule has 0 aromatic rings. The molecule has 0 unspecified atom stereocenters. The van der Waals surface area contributed by atoms with Crippen LogP contribution in [0.4, 0.5) is 0 Å². The zero-order valence-corrected chi connectivity index (χ0v) is 33.8. The molecule has 0 aromatic heterocycles. The zero-order chi connectivity index (χ0) is 36.3. The van der Waals surface area contributed by atoms with Crippen LogP contribution >= 0.6 is 0 Å². The summed E-state index contributed by atoms with van der Waals surface area (Å²) in [6, 6.07) is 0. The lowest BCUT2D eigenvalue weighted by molar-refractivity contribution is -0.171. The van der Waals surface area contributed by atoms with Crippen molar-refractivity contribution in [3.05, 3.63) is 0 Å². The van der Waals surface area contributed by atoms with Gasteiger partial charge < -0.3 is 20.1 Å². The van der Waals surface area contributed by atoms with Gasteiger partial charge in [-0.15, -0.1) is 0 Å². The van der Waals surface area contributed by atoms with Gasteiger partial charge >= 0.3 is 11.9 Å². The fraction of sp³-hybridized carbons (Fsp3) is 0.955. The molecule has 1 saturated carbocycles. The van der Waals surface area contributed by atoms with E-state index < -0.39 is 0 Å². The van der Waals surface area contributed by atoms with E-state index in [1.54, 1.807) is 0 Å². The number of piperidine rings is 1. The molecule has 1 spiro atoms. The van der Waals surface area contributed by atoms with Gasteiger partial charge in [-0.2, -0.15) is 0 Å². The highest BCUT2D eigenvalue weighted by Crippen LogP contribution is 2.49. The maximum atomic E-state index is 14.0. The second-order valence-corrected chi connectivity index (χ2v) is 16.5. The fourth-order valence-electron chi connectivity index (χ4n) is 8.64.